The first-order valence-electron chi connectivity index (χ1n) is 7.97. The number of carbonyl (C=O) groups excluding carboxylic acids is 1. The molecule has 0 bridgehead atoms. The Bertz CT molecular complexity index is 414. The molecule has 21 heavy (non-hydrogen) atoms. The Balaban J connectivity index is 1.63. The van der Waals surface area contributed by atoms with Crippen LogP contribution < -0.4 is 4.74 Å². The first-order chi connectivity index (χ1) is 10.3. The molecule has 1 saturated heterocycles. The number of carbonyl (C=O) groups is 1. The number of hydrogen-bond donors (Lipinski definition) is 0. The number of ether oxygens (including phenoxy) is 1. The molecule has 0 aliphatic carbocycles. The largest absolute Gasteiger partial charge is 0.493 e. The molecule has 1 aliphatic rings. The van der Waals surface area contributed by atoms with Gasteiger partial charge in [-0.15, -0.1) is 0 Å². The van der Waals surface area contributed by atoms with Crippen molar-refractivity contribution >= 4 is 5.91 Å². The lowest BCUT2D eigenvalue weighted by Crippen LogP contribution is -2.49. The fourth-order valence-corrected chi connectivity index (χ4v) is 2.53. The lowest BCUT2D eigenvalue weighted by molar-refractivity contribution is -0.133. The molecule has 4 heteroatoms. The predicted molar refractivity (Wildman–Crippen MR) is 84.5 cm³/mol. The minimum Gasteiger partial charge on any atom is -0.493 e. The standard InChI is InChI=1S/C17H26N2O2/c1-2-3-10-18-11-13-19(14-12-18)17(20)9-15-21-16-7-5-4-6-8-16/h4-8H,2-3,9-15H2,1H3. The molecule has 0 N–H and O–H groups in total. The Hall–Kier alpha value is -1.55. The summed E-state index contributed by atoms with van der Waals surface area (Å²) in [6.07, 6.45) is 2.94. The van der Waals surface area contributed by atoms with E-state index in [0.717, 1.165) is 38.5 Å². The van der Waals surface area contributed by atoms with Crippen molar-refractivity contribution in [2.75, 3.05) is 39.3 Å². The molecule has 116 valence electrons. The molecule has 0 unspecified atom stereocenters. The number of rotatable bonds is 7. The molecular formula is C17H26N2O2. The van der Waals surface area contributed by atoms with Crippen molar-refractivity contribution in [1.82, 2.24) is 9.80 Å². The van der Waals surface area contributed by atoms with Crippen molar-refractivity contribution in [2.45, 2.75) is 26.2 Å². The van der Waals surface area contributed by atoms with E-state index < -0.39 is 0 Å². The van der Waals surface area contributed by atoms with Crippen LogP contribution in [0.15, 0.2) is 30.3 Å². The maximum Gasteiger partial charge on any atom is 0.226 e. The number of unbranched alkanes of at least 4 members (excludes halogenated alkanes) is 1. The summed E-state index contributed by atoms with van der Waals surface area (Å²) in [5, 5.41) is 0. The van der Waals surface area contributed by atoms with E-state index in [0.29, 0.717) is 13.0 Å². The van der Waals surface area contributed by atoms with Gasteiger partial charge in [-0.2, -0.15) is 0 Å². The van der Waals surface area contributed by atoms with Gasteiger partial charge in [0, 0.05) is 26.2 Å². The summed E-state index contributed by atoms with van der Waals surface area (Å²) in [7, 11) is 0. The van der Waals surface area contributed by atoms with Crippen LogP contribution >= 0.6 is 0 Å². The van der Waals surface area contributed by atoms with Gasteiger partial charge in [0.15, 0.2) is 0 Å². The number of amides is 1. The minimum atomic E-state index is 0.209. The molecule has 0 aromatic heterocycles. The van der Waals surface area contributed by atoms with Gasteiger partial charge in [0.05, 0.1) is 13.0 Å². The minimum absolute atomic E-state index is 0.209. The molecule has 0 atom stereocenters. The van der Waals surface area contributed by atoms with Gasteiger partial charge in [-0.3, -0.25) is 9.69 Å². The Morgan fingerprint density at radius 1 is 1.14 bits per heavy atom. The van der Waals surface area contributed by atoms with Crippen LogP contribution in [-0.4, -0.2) is 55.0 Å². The lowest BCUT2D eigenvalue weighted by Gasteiger charge is -2.34. The number of hydrogen-bond acceptors (Lipinski definition) is 3. The van der Waals surface area contributed by atoms with Crippen molar-refractivity contribution in [1.29, 1.82) is 0 Å². The second-order valence-electron chi connectivity index (χ2n) is 5.49. The third-order valence-electron chi connectivity index (χ3n) is 3.88. The van der Waals surface area contributed by atoms with Crippen LogP contribution in [0.25, 0.3) is 0 Å². The molecule has 1 amide bonds. The van der Waals surface area contributed by atoms with Gasteiger partial charge in [-0.25, -0.2) is 0 Å². The summed E-state index contributed by atoms with van der Waals surface area (Å²) in [5.41, 5.74) is 0. The average Bonchev–Trinajstić information content (AvgIpc) is 2.54. The van der Waals surface area contributed by atoms with Crippen molar-refractivity contribution in [3.05, 3.63) is 30.3 Å². The summed E-state index contributed by atoms with van der Waals surface area (Å²) in [5.74, 6) is 1.04. The summed E-state index contributed by atoms with van der Waals surface area (Å²) in [6, 6.07) is 9.66. The molecule has 0 spiro atoms. The van der Waals surface area contributed by atoms with Gasteiger partial charge < -0.3 is 9.64 Å². The van der Waals surface area contributed by atoms with Crippen molar-refractivity contribution in [2.24, 2.45) is 0 Å². The van der Waals surface area contributed by atoms with Crippen LogP contribution in [0.2, 0.25) is 0 Å². The maximum atomic E-state index is 12.1. The van der Waals surface area contributed by atoms with Crippen LogP contribution in [0.1, 0.15) is 26.2 Å². The first kappa shape index (κ1) is 15.8. The zero-order valence-corrected chi connectivity index (χ0v) is 13.0. The van der Waals surface area contributed by atoms with Crippen LogP contribution in [-0.2, 0) is 4.79 Å². The van der Waals surface area contributed by atoms with Gasteiger partial charge in [-0.1, -0.05) is 31.5 Å². The number of benzene rings is 1. The van der Waals surface area contributed by atoms with Crippen LogP contribution in [0, 0.1) is 0 Å². The highest BCUT2D eigenvalue weighted by Gasteiger charge is 2.20. The van der Waals surface area contributed by atoms with E-state index in [4.69, 9.17) is 4.74 Å². The van der Waals surface area contributed by atoms with Gasteiger partial charge in [0.1, 0.15) is 5.75 Å². The highest BCUT2D eigenvalue weighted by atomic mass is 16.5. The van der Waals surface area contributed by atoms with Gasteiger partial charge in [0.2, 0.25) is 5.91 Å². The lowest BCUT2D eigenvalue weighted by atomic mass is 10.2. The van der Waals surface area contributed by atoms with Crippen LogP contribution in [0.4, 0.5) is 0 Å². The highest BCUT2D eigenvalue weighted by molar-refractivity contribution is 5.76. The molecule has 2 rings (SSSR count). The smallest absolute Gasteiger partial charge is 0.226 e. The molecule has 0 radical (unpaired) electrons. The summed E-state index contributed by atoms with van der Waals surface area (Å²) < 4.78 is 5.58. The number of para-hydroxylation sites is 1. The summed E-state index contributed by atoms with van der Waals surface area (Å²) >= 11 is 0. The molecule has 1 aromatic rings. The monoisotopic (exact) mass is 290 g/mol. The van der Waals surface area contributed by atoms with E-state index in [1.165, 1.54) is 12.8 Å². The molecule has 0 saturated carbocycles. The van der Waals surface area contributed by atoms with Crippen LogP contribution in [0.5, 0.6) is 5.75 Å². The first-order valence-corrected chi connectivity index (χ1v) is 7.97. The van der Waals surface area contributed by atoms with Crippen molar-refractivity contribution in [3.63, 3.8) is 0 Å². The highest BCUT2D eigenvalue weighted by Crippen LogP contribution is 2.10. The second kappa shape index (κ2) is 8.67. The van der Waals surface area contributed by atoms with E-state index in [1.807, 2.05) is 35.2 Å². The Labute approximate surface area is 127 Å². The topological polar surface area (TPSA) is 32.8 Å². The Morgan fingerprint density at radius 2 is 1.86 bits per heavy atom. The Morgan fingerprint density at radius 3 is 2.52 bits per heavy atom. The second-order valence-corrected chi connectivity index (χ2v) is 5.49. The Kier molecular flexibility index (Phi) is 6.54. The fraction of sp³-hybridized carbons (Fsp3) is 0.588. The third kappa shape index (κ3) is 5.38. The van der Waals surface area contributed by atoms with E-state index in [9.17, 15) is 4.79 Å². The third-order valence-corrected chi connectivity index (χ3v) is 3.88. The van der Waals surface area contributed by atoms with Gasteiger partial charge >= 0.3 is 0 Å². The van der Waals surface area contributed by atoms with E-state index in [-0.39, 0.29) is 5.91 Å². The molecule has 4 nitrogen and oxygen atoms in total. The normalized spacial score (nSPS) is 16.0. The van der Waals surface area contributed by atoms with E-state index in [1.54, 1.807) is 0 Å². The quantitative estimate of drug-likeness (QED) is 0.773. The maximum absolute atomic E-state index is 12.1. The molecule has 1 fully saturated rings. The van der Waals surface area contributed by atoms with Crippen molar-refractivity contribution < 1.29 is 9.53 Å². The van der Waals surface area contributed by atoms with Crippen molar-refractivity contribution in [3.8, 4) is 5.75 Å². The fourth-order valence-electron chi connectivity index (χ4n) is 2.53. The zero-order chi connectivity index (χ0) is 14.9. The van der Waals surface area contributed by atoms with E-state index >= 15 is 0 Å². The SMILES string of the molecule is CCCCN1CCN(C(=O)CCOc2ccccc2)CC1. The molecular weight excluding hydrogens is 264 g/mol. The predicted octanol–water partition coefficient (Wildman–Crippen LogP) is 2.40. The van der Waals surface area contributed by atoms with Crippen LogP contribution in [0.3, 0.4) is 0 Å². The van der Waals surface area contributed by atoms with Gasteiger partial charge in [0.25, 0.3) is 0 Å². The molecule has 1 heterocycles. The number of piperazine rings is 1. The van der Waals surface area contributed by atoms with E-state index in [2.05, 4.69) is 11.8 Å². The summed E-state index contributed by atoms with van der Waals surface area (Å²) in [6.45, 7) is 7.55. The molecule has 1 aliphatic heterocycles. The summed E-state index contributed by atoms with van der Waals surface area (Å²) in [4.78, 5) is 16.6. The zero-order valence-electron chi connectivity index (χ0n) is 13.0. The number of nitrogens with zero attached hydrogens (tertiary/aromatic N) is 2. The molecule has 1 aromatic carbocycles. The average molecular weight is 290 g/mol. The van der Waals surface area contributed by atoms with Gasteiger partial charge in [-0.05, 0) is 25.1 Å².